The Balaban J connectivity index is 1.35. The highest BCUT2D eigenvalue weighted by atomic mass is 32.1. The van der Waals surface area contributed by atoms with Crippen molar-refractivity contribution in [3.05, 3.63) is 95.6 Å². The van der Waals surface area contributed by atoms with E-state index >= 15 is 0 Å². The maximum Gasteiger partial charge on any atom is 0.238 e. The van der Waals surface area contributed by atoms with Crippen LogP contribution in [0.4, 0.5) is 5.13 Å². The van der Waals surface area contributed by atoms with Crippen LogP contribution in [0.2, 0.25) is 0 Å². The van der Waals surface area contributed by atoms with Crippen LogP contribution in [0.15, 0.2) is 78.9 Å². The maximum atomic E-state index is 13.4. The summed E-state index contributed by atoms with van der Waals surface area (Å²) in [7, 11) is 0. The number of nitrogens with zero attached hydrogens (tertiary/aromatic N) is 2. The van der Waals surface area contributed by atoms with Gasteiger partial charge in [-0.15, -0.1) is 0 Å². The van der Waals surface area contributed by atoms with E-state index in [1.807, 2.05) is 60.7 Å². The first-order chi connectivity index (χ1) is 16.2. The quantitative estimate of drug-likeness (QED) is 0.371. The molecule has 5 rings (SSSR count). The Bertz CT molecular complexity index is 1170. The number of aromatic nitrogens is 1. The lowest BCUT2D eigenvalue weighted by atomic mass is 9.90. The van der Waals surface area contributed by atoms with Crippen LogP contribution in [0.1, 0.15) is 42.4 Å². The molecule has 0 spiro atoms. The summed E-state index contributed by atoms with van der Waals surface area (Å²) in [5, 5.41) is 3.74. The third kappa shape index (κ3) is 5.15. The molecule has 33 heavy (non-hydrogen) atoms. The second-order valence-electron chi connectivity index (χ2n) is 9.02. The number of piperidine rings is 1. The summed E-state index contributed by atoms with van der Waals surface area (Å²) in [6, 6.07) is 26.3. The summed E-state index contributed by atoms with van der Waals surface area (Å²) in [5.74, 6) is 0.401. The molecule has 5 heteroatoms. The van der Waals surface area contributed by atoms with Gasteiger partial charge in [-0.1, -0.05) is 85.0 Å². The van der Waals surface area contributed by atoms with Crippen molar-refractivity contribution in [1.82, 2.24) is 9.88 Å². The summed E-state index contributed by atoms with van der Waals surface area (Å²) in [5.41, 5.74) is 4.19. The van der Waals surface area contributed by atoms with E-state index in [0.29, 0.717) is 5.13 Å². The van der Waals surface area contributed by atoms with Crippen LogP contribution in [0.3, 0.4) is 0 Å². The molecule has 168 valence electrons. The molecule has 0 bridgehead atoms. The maximum absolute atomic E-state index is 13.4. The number of hydrogen-bond acceptors (Lipinski definition) is 4. The van der Waals surface area contributed by atoms with Crippen LogP contribution >= 0.6 is 11.3 Å². The third-order valence-corrected chi connectivity index (χ3v) is 7.43. The summed E-state index contributed by atoms with van der Waals surface area (Å²) in [6.45, 7) is 5.66. The van der Waals surface area contributed by atoms with E-state index in [-0.39, 0.29) is 11.8 Å². The Morgan fingerprint density at radius 1 is 1.00 bits per heavy atom. The smallest absolute Gasteiger partial charge is 0.238 e. The molecule has 1 amide bonds. The van der Waals surface area contributed by atoms with Crippen molar-refractivity contribution in [3.8, 4) is 0 Å². The summed E-state index contributed by atoms with van der Waals surface area (Å²) in [4.78, 5) is 20.6. The molecule has 1 aliphatic heterocycles. The minimum Gasteiger partial charge on any atom is -0.301 e. The number of thiazole rings is 1. The zero-order valence-electron chi connectivity index (χ0n) is 18.9. The van der Waals surface area contributed by atoms with E-state index < -0.39 is 0 Å². The zero-order chi connectivity index (χ0) is 22.6. The first kappa shape index (κ1) is 21.8. The SMILES string of the molecule is CC1CCN(Cc2ccc3nc(NC(=O)C(c4ccccc4)c4ccccc4)sc3c2)CC1. The highest BCUT2D eigenvalue weighted by Gasteiger charge is 2.24. The topological polar surface area (TPSA) is 45.2 Å². The molecule has 1 aliphatic rings. The molecule has 4 nitrogen and oxygen atoms in total. The predicted octanol–water partition coefficient (Wildman–Crippen LogP) is 6.30. The van der Waals surface area contributed by atoms with Gasteiger partial charge in [0, 0.05) is 6.54 Å². The Morgan fingerprint density at radius 3 is 2.27 bits per heavy atom. The van der Waals surface area contributed by atoms with Gasteiger partial charge in [-0.05, 0) is 60.7 Å². The minimum absolute atomic E-state index is 0.0610. The van der Waals surface area contributed by atoms with E-state index in [9.17, 15) is 4.79 Å². The highest BCUT2D eigenvalue weighted by molar-refractivity contribution is 7.22. The number of amides is 1. The molecule has 1 fully saturated rings. The van der Waals surface area contributed by atoms with Gasteiger partial charge in [0.25, 0.3) is 0 Å². The van der Waals surface area contributed by atoms with Gasteiger partial charge in [0.15, 0.2) is 5.13 Å². The number of nitrogens with one attached hydrogen (secondary N) is 1. The number of benzene rings is 3. The molecular formula is C28H29N3OS. The molecule has 2 heterocycles. The van der Waals surface area contributed by atoms with Gasteiger partial charge in [-0.25, -0.2) is 4.98 Å². The number of carbonyl (C=O) groups is 1. The second-order valence-corrected chi connectivity index (χ2v) is 10.1. The summed E-state index contributed by atoms with van der Waals surface area (Å²) in [6.07, 6.45) is 2.56. The molecule has 0 radical (unpaired) electrons. The summed E-state index contributed by atoms with van der Waals surface area (Å²) >= 11 is 1.55. The van der Waals surface area contributed by atoms with Crippen molar-refractivity contribution in [1.29, 1.82) is 0 Å². The van der Waals surface area contributed by atoms with Crippen molar-refractivity contribution in [2.75, 3.05) is 18.4 Å². The Morgan fingerprint density at radius 2 is 1.64 bits per heavy atom. The van der Waals surface area contributed by atoms with E-state index in [4.69, 9.17) is 4.98 Å². The lowest BCUT2D eigenvalue weighted by molar-refractivity contribution is -0.116. The molecule has 3 aromatic carbocycles. The van der Waals surface area contributed by atoms with Crippen LogP contribution in [0.5, 0.6) is 0 Å². The number of likely N-dealkylation sites (tertiary alicyclic amines) is 1. The fourth-order valence-corrected chi connectivity index (χ4v) is 5.50. The molecule has 0 atom stereocenters. The van der Waals surface area contributed by atoms with Gasteiger partial charge in [0.2, 0.25) is 5.91 Å². The van der Waals surface area contributed by atoms with Crippen molar-refractivity contribution >= 4 is 32.6 Å². The molecular weight excluding hydrogens is 426 g/mol. The predicted molar refractivity (Wildman–Crippen MR) is 137 cm³/mol. The fraction of sp³-hybridized carbons (Fsp3) is 0.286. The van der Waals surface area contributed by atoms with E-state index in [1.165, 1.54) is 31.5 Å². The molecule has 0 aliphatic carbocycles. The van der Waals surface area contributed by atoms with E-state index in [2.05, 4.69) is 35.3 Å². The van der Waals surface area contributed by atoms with Crippen molar-refractivity contribution < 1.29 is 4.79 Å². The van der Waals surface area contributed by atoms with Gasteiger partial charge < -0.3 is 5.32 Å². The first-order valence-electron chi connectivity index (χ1n) is 11.7. The van der Waals surface area contributed by atoms with Gasteiger partial charge in [0.05, 0.1) is 16.1 Å². The van der Waals surface area contributed by atoms with Gasteiger partial charge in [-0.2, -0.15) is 0 Å². The third-order valence-electron chi connectivity index (χ3n) is 6.49. The average molecular weight is 456 g/mol. The Labute approximate surface area is 199 Å². The van der Waals surface area contributed by atoms with Crippen molar-refractivity contribution in [3.63, 3.8) is 0 Å². The van der Waals surface area contributed by atoms with Crippen molar-refractivity contribution in [2.24, 2.45) is 5.92 Å². The molecule has 1 saturated heterocycles. The van der Waals surface area contributed by atoms with Gasteiger partial charge in [0.1, 0.15) is 0 Å². The van der Waals surface area contributed by atoms with E-state index in [0.717, 1.165) is 33.8 Å². The first-order valence-corrected chi connectivity index (χ1v) is 12.5. The Kier molecular flexibility index (Phi) is 6.51. The van der Waals surface area contributed by atoms with Crippen LogP contribution in [0.25, 0.3) is 10.2 Å². The van der Waals surface area contributed by atoms with Crippen molar-refractivity contribution in [2.45, 2.75) is 32.2 Å². The van der Waals surface area contributed by atoms with Gasteiger partial charge >= 0.3 is 0 Å². The lowest BCUT2D eigenvalue weighted by Gasteiger charge is -2.30. The number of carbonyl (C=O) groups excluding carboxylic acids is 1. The normalized spacial score (nSPS) is 15.2. The van der Waals surface area contributed by atoms with Crippen LogP contribution in [0, 0.1) is 5.92 Å². The summed E-state index contributed by atoms with van der Waals surface area (Å²) < 4.78 is 1.11. The number of hydrogen-bond donors (Lipinski definition) is 1. The molecule has 4 aromatic rings. The van der Waals surface area contributed by atoms with Gasteiger partial charge in [-0.3, -0.25) is 9.69 Å². The Hall–Kier alpha value is -3.02. The monoisotopic (exact) mass is 455 g/mol. The number of rotatable bonds is 6. The standard InChI is InChI=1S/C28H29N3OS/c1-20-14-16-31(17-15-20)19-21-12-13-24-25(18-21)33-28(29-24)30-27(32)26(22-8-4-2-5-9-22)23-10-6-3-7-11-23/h2-13,18,20,26H,14-17,19H2,1H3,(H,29,30,32). The molecule has 1 aromatic heterocycles. The van der Waals surface area contributed by atoms with Crippen LogP contribution in [-0.2, 0) is 11.3 Å². The highest BCUT2D eigenvalue weighted by Crippen LogP contribution is 2.31. The average Bonchev–Trinajstić information content (AvgIpc) is 3.23. The molecule has 0 saturated carbocycles. The minimum atomic E-state index is -0.378. The molecule has 1 N–H and O–H groups in total. The largest absolute Gasteiger partial charge is 0.301 e. The molecule has 0 unspecified atom stereocenters. The zero-order valence-corrected chi connectivity index (χ0v) is 19.7. The lowest BCUT2D eigenvalue weighted by Crippen LogP contribution is -2.32. The van der Waals surface area contributed by atoms with E-state index in [1.54, 1.807) is 11.3 Å². The number of anilines is 1. The second kappa shape index (κ2) is 9.86. The van der Waals surface area contributed by atoms with Crippen LogP contribution < -0.4 is 5.32 Å². The number of fused-ring (bicyclic) bond motifs is 1. The fourth-order valence-electron chi connectivity index (χ4n) is 4.56. The van der Waals surface area contributed by atoms with Crippen LogP contribution in [-0.4, -0.2) is 28.9 Å².